The summed E-state index contributed by atoms with van der Waals surface area (Å²) < 4.78 is 0. The average Bonchev–Trinajstić information content (AvgIpc) is 3.29. The summed E-state index contributed by atoms with van der Waals surface area (Å²) in [7, 11) is 0. The van der Waals surface area contributed by atoms with E-state index in [1.165, 1.54) is 18.2 Å². The van der Waals surface area contributed by atoms with Crippen LogP contribution in [-0.4, -0.2) is 31.9 Å². The maximum Gasteiger partial charge on any atom is 0.301 e. The molecular formula is C21H16N4O5S. The third-order valence-corrected chi connectivity index (χ3v) is 5.73. The fourth-order valence-electron chi connectivity index (χ4n) is 3.40. The van der Waals surface area contributed by atoms with Crippen LogP contribution in [-0.2, 0) is 9.59 Å². The van der Waals surface area contributed by atoms with E-state index in [0.717, 1.165) is 21.8 Å². The summed E-state index contributed by atoms with van der Waals surface area (Å²) >= 11 is 1.10. The number of carbonyl (C=O) groups excluding carboxylic acids is 2. The highest BCUT2D eigenvalue weighted by Gasteiger charge is 2.48. The summed E-state index contributed by atoms with van der Waals surface area (Å²) in [4.78, 5) is 37.8. The van der Waals surface area contributed by atoms with Gasteiger partial charge in [-0.05, 0) is 19.4 Å². The number of non-ortho nitro benzene ring substituents is 1. The Balaban J connectivity index is 1.96. The number of aromatic nitrogens is 2. The van der Waals surface area contributed by atoms with Crippen molar-refractivity contribution in [3.05, 3.63) is 85.9 Å². The molecule has 10 heteroatoms. The van der Waals surface area contributed by atoms with E-state index in [1.807, 2.05) is 6.92 Å². The summed E-state index contributed by atoms with van der Waals surface area (Å²) in [5.41, 5.74) is 1.24. The van der Waals surface area contributed by atoms with Gasteiger partial charge in [0.25, 0.3) is 11.5 Å². The summed E-state index contributed by atoms with van der Waals surface area (Å²) in [6.45, 7) is 3.58. The predicted molar refractivity (Wildman–Crippen MR) is 114 cm³/mol. The van der Waals surface area contributed by atoms with Gasteiger partial charge in [0.1, 0.15) is 10.8 Å². The Morgan fingerprint density at radius 2 is 1.84 bits per heavy atom. The van der Waals surface area contributed by atoms with Crippen LogP contribution in [0.4, 0.5) is 10.8 Å². The van der Waals surface area contributed by atoms with E-state index in [2.05, 4.69) is 10.2 Å². The SMILES string of the molecule is Cc1ccc(C(O)=C2C(=O)C(=O)N(c3nnc(C)s3)[C@H]2c2cccc([N+](=O)[O-])c2)cc1. The maximum atomic E-state index is 13.0. The molecule has 4 rings (SSSR count). The van der Waals surface area contributed by atoms with Crippen molar-refractivity contribution in [2.75, 3.05) is 4.90 Å². The maximum absolute atomic E-state index is 13.0. The second-order valence-electron chi connectivity index (χ2n) is 6.99. The van der Waals surface area contributed by atoms with Gasteiger partial charge in [-0.25, -0.2) is 0 Å². The number of nitro groups is 1. The second-order valence-corrected chi connectivity index (χ2v) is 8.15. The molecule has 1 fully saturated rings. The first-order chi connectivity index (χ1) is 14.8. The number of hydrogen-bond acceptors (Lipinski definition) is 8. The normalized spacial score (nSPS) is 17.9. The number of amides is 1. The van der Waals surface area contributed by atoms with Crippen molar-refractivity contribution < 1.29 is 19.6 Å². The lowest BCUT2D eigenvalue weighted by atomic mass is 9.95. The third-order valence-electron chi connectivity index (χ3n) is 4.89. The number of nitrogens with zero attached hydrogens (tertiary/aromatic N) is 4. The van der Waals surface area contributed by atoms with Crippen molar-refractivity contribution in [1.82, 2.24) is 10.2 Å². The molecule has 9 nitrogen and oxygen atoms in total. The number of carbonyl (C=O) groups is 2. The first-order valence-corrected chi connectivity index (χ1v) is 10.0. The number of aryl methyl sites for hydroxylation is 2. The Labute approximate surface area is 180 Å². The molecule has 2 aromatic carbocycles. The monoisotopic (exact) mass is 436 g/mol. The number of aliphatic hydroxyl groups excluding tert-OH is 1. The van der Waals surface area contributed by atoms with Crippen LogP contribution in [0.5, 0.6) is 0 Å². The van der Waals surface area contributed by atoms with Crippen molar-refractivity contribution in [1.29, 1.82) is 0 Å². The molecule has 31 heavy (non-hydrogen) atoms. The predicted octanol–water partition coefficient (Wildman–Crippen LogP) is 3.69. The van der Waals surface area contributed by atoms with E-state index in [4.69, 9.17) is 0 Å². The van der Waals surface area contributed by atoms with Gasteiger partial charge in [-0.1, -0.05) is 53.3 Å². The summed E-state index contributed by atoms with van der Waals surface area (Å²) in [6, 6.07) is 11.3. The topological polar surface area (TPSA) is 127 Å². The molecule has 1 saturated heterocycles. The molecule has 1 aliphatic heterocycles. The van der Waals surface area contributed by atoms with Gasteiger partial charge in [0, 0.05) is 17.7 Å². The molecule has 0 radical (unpaired) electrons. The smallest absolute Gasteiger partial charge is 0.301 e. The number of anilines is 1. The molecule has 1 atom stereocenters. The number of rotatable bonds is 4. The lowest BCUT2D eigenvalue weighted by Gasteiger charge is -2.22. The van der Waals surface area contributed by atoms with Crippen LogP contribution in [0.25, 0.3) is 5.76 Å². The summed E-state index contributed by atoms with van der Waals surface area (Å²) in [5, 5.41) is 30.9. The first kappa shape index (κ1) is 20.4. The van der Waals surface area contributed by atoms with E-state index in [1.54, 1.807) is 37.3 Å². The van der Waals surface area contributed by atoms with Crippen molar-refractivity contribution in [3.63, 3.8) is 0 Å². The van der Waals surface area contributed by atoms with Crippen LogP contribution in [0, 0.1) is 24.0 Å². The fraction of sp³-hybridized carbons (Fsp3) is 0.143. The van der Waals surface area contributed by atoms with Crippen LogP contribution in [0.1, 0.15) is 27.7 Å². The minimum absolute atomic E-state index is 0.165. The Kier molecular flexibility index (Phi) is 5.07. The number of Topliss-reactive ketones (excluding diaryl/α,β-unsaturated/α-hetero) is 1. The second kappa shape index (κ2) is 7.73. The lowest BCUT2D eigenvalue weighted by molar-refractivity contribution is -0.384. The molecule has 0 saturated carbocycles. The average molecular weight is 436 g/mol. The molecule has 3 aromatic rings. The lowest BCUT2D eigenvalue weighted by Crippen LogP contribution is -2.29. The van der Waals surface area contributed by atoms with Gasteiger partial charge in [0.2, 0.25) is 5.13 Å². The molecule has 0 unspecified atom stereocenters. The molecule has 156 valence electrons. The van der Waals surface area contributed by atoms with Crippen LogP contribution in [0.15, 0.2) is 54.1 Å². The van der Waals surface area contributed by atoms with E-state index in [9.17, 15) is 24.8 Å². The molecule has 1 amide bonds. The molecule has 0 spiro atoms. The molecule has 1 N–H and O–H groups in total. The van der Waals surface area contributed by atoms with Crippen LogP contribution in [0.3, 0.4) is 0 Å². The Hall–Kier alpha value is -3.92. The molecule has 0 bridgehead atoms. The van der Waals surface area contributed by atoms with E-state index in [0.29, 0.717) is 16.1 Å². The summed E-state index contributed by atoms with van der Waals surface area (Å²) in [5.74, 6) is -2.15. The van der Waals surface area contributed by atoms with Gasteiger partial charge in [0.05, 0.1) is 16.5 Å². The zero-order valence-corrected chi connectivity index (χ0v) is 17.3. The molecule has 2 heterocycles. The van der Waals surface area contributed by atoms with Gasteiger partial charge in [0.15, 0.2) is 0 Å². The van der Waals surface area contributed by atoms with E-state index in [-0.39, 0.29) is 22.2 Å². The highest BCUT2D eigenvalue weighted by Crippen LogP contribution is 2.43. The Bertz CT molecular complexity index is 1250. The van der Waals surface area contributed by atoms with Crippen molar-refractivity contribution in [2.45, 2.75) is 19.9 Å². The third kappa shape index (κ3) is 3.57. The molecular weight excluding hydrogens is 420 g/mol. The van der Waals surface area contributed by atoms with Crippen LogP contribution in [0.2, 0.25) is 0 Å². The number of ketones is 1. The van der Waals surface area contributed by atoms with E-state index < -0.39 is 22.7 Å². The highest BCUT2D eigenvalue weighted by molar-refractivity contribution is 7.15. The van der Waals surface area contributed by atoms with Crippen LogP contribution >= 0.6 is 11.3 Å². The Morgan fingerprint density at radius 3 is 2.45 bits per heavy atom. The molecule has 1 aromatic heterocycles. The van der Waals surface area contributed by atoms with Gasteiger partial charge < -0.3 is 5.11 Å². The first-order valence-electron chi connectivity index (χ1n) is 9.20. The van der Waals surface area contributed by atoms with E-state index >= 15 is 0 Å². The van der Waals surface area contributed by atoms with Gasteiger partial charge in [-0.2, -0.15) is 0 Å². The number of hydrogen-bond donors (Lipinski definition) is 1. The largest absolute Gasteiger partial charge is 0.507 e. The highest BCUT2D eigenvalue weighted by atomic mass is 32.1. The van der Waals surface area contributed by atoms with Crippen molar-refractivity contribution >= 4 is 39.6 Å². The minimum atomic E-state index is -1.09. The van der Waals surface area contributed by atoms with Gasteiger partial charge >= 0.3 is 5.91 Å². The van der Waals surface area contributed by atoms with Gasteiger partial charge in [-0.15, -0.1) is 10.2 Å². The fourth-order valence-corrected chi connectivity index (χ4v) is 4.12. The zero-order valence-electron chi connectivity index (χ0n) is 16.5. The molecule has 1 aliphatic rings. The van der Waals surface area contributed by atoms with Crippen molar-refractivity contribution in [3.8, 4) is 0 Å². The molecule has 0 aliphatic carbocycles. The number of nitro benzene ring substituents is 1. The van der Waals surface area contributed by atoms with Gasteiger partial charge in [-0.3, -0.25) is 24.6 Å². The minimum Gasteiger partial charge on any atom is -0.507 e. The van der Waals surface area contributed by atoms with Crippen LogP contribution < -0.4 is 4.90 Å². The number of aliphatic hydroxyl groups is 1. The zero-order chi connectivity index (χ0) is 22.3. The quantitative estimate of drug-likeness (QED) is 0.217. The summed E-state index contributed by atoms with van der Waals surface area (Å²) in [6.07, 6.45) is 0. The number of benzene rings is 2. The Morgan fingerprint density at radius 1 is 1.13 bits per heavy atom. The standard InChI is InChI=1S/C21H16N4O5S/c1-11-6-8-13(9-7-11)18(26)16-17(14-4-3-5-15(10-14)25(29)30)24(20(28)19(16)27)21-23-22-12(2)31-21/h3-10,17,26H,1-2H3/t17-/m0/s1. The van der Waals surface area contributed by atoms with Crippen molar-refractivity contribution in [2.24, 2.45) is 0 Å².